The molecule has 0 aliphatic rings. The van der Waals surface area contributed by atoms with E-state index >= 15 is 0 Å². The summed E-state index contributed by atoms with van der Waals surface area (Å²) in [5, 5.41) is 0. The molecule has 0 aromatic rings. The summed E-state index contributed by atoms with van der Waals surface area (Å²) in [4.78, 5) is 37.6. The molecule has 338 valence electrons. The first-order valence-electron chi connectivity index (χ1n) is 25.2. The van der Waals surface area contributed by atoms with Gasteiger partial charge in [-0.05, 0) is 31.1 Å². The van der Waals surface area contributed by atoms with Crippen LogP contribution in [0.4, 0.5) is 0 Å². The van der Waals surface area contributed by atoms with Gasteiger partial charge in [0.15, 0.2) is 6.10 Å². The van der Waals surface area contributed by atoms with Gasteiger partial charge in [-0.25, -0.2) is 0 Å². The molecule has 0 aromatic heterocycles. The van der Waals surface area contributed by atoms with Gasteiger partial charge in [-0.1, -0.05) is 240 Å². The number of hydrogen-bond donors (Lipinski definition) is 0. The van der Waals surface area contributed by atoms with Crippen molar-refractivity contribution in [2.24, 2.45) is 11.8 Å². The van der Waals surface area contributed by atoms with Gasteiger partial charge in [0.05, 0.1) is 0 Å². The molecule has 0 aliphatic heterocycles. The summed E-state index contributed by atoms with van der Waals surface area (Å²) in [5.74, 6) is 0.825. The van der Waals surface area contributed by atoms with Gasteiger partial charge >= 0.3 is 17.9 Å². The largest absolute Gasteiger partial charge is 0.462 e. The molecule has 0 aromatic carbocycles. The van der Waals surface area contributed by atoms with Crippen LogP contribution in [-0.2, 0) is 28.6 Å². The SMILES string of the molecule is CCCCCCCC(=O)O[C@H](COC(=O)CCCCCCCCCCCCCCCCCC(C)C)COC(=O)CCCCCCCCCCCCCCCC(C)C. The third-order valence-electron chi connectivity index (χ3n) is 11.5. The van der Waals surface area contributed by atoms with Gasteiger partial charge in [0, 0.05) is 19.3 Å². The maximum absolute atomic E-state index is 12.6. The number of carbonyl (C=O) groups is 3. The van der Waals surface area contributed by atoms with Crippen molar-refractivity contribution in [1.82, 2.24) is 0 Å². The van der Waals surface area contributed by atoms with E-state index in [-0.39, 0.29) is 31.1 Å². The maximum atomic E-state index is 12.6. The number of unbranched alkanes of at least 4 members (excludes halogenated alkanes) is 30. The Morgan fingerprint density at radius 1 is 0.333 bits per heavy atom. The predicted octanol–water partition coefficient (Wildman–Crippen LogP) is 16.1. The lowest BCUT2D eigenvalue weighted by Crippen LogP contribution is -2.30. The number of carbonyl (C=O) groups excluding carboxylic acids is 3. The molecule has 0 unspecified atom stereocenters. The van der Waals surface area contributed by atoms with Gasteiger partial charge in [0.25, 0.3) is 0 Å². The van der Waals surface area contributed by atoms with E-state index in [0.29, 0.717) is 19.3 Å². The van der Waals surface area contributed by atoms with Crippen LogP contribution in [-0.4, -0.2) is 37.2 Å². The van der Waals surface area contributed by atoms with Crippen LogP contribution < -0.4 is 0 Å². The summed E-state index contributed by atoms with van der Waals surface area (Å²) in [5.41, 5.74) is 0. The Kier molecular flexibility index (Phi) is 42.7. The highest BCUT2D eigenvalue weighted by atomic mass is 16.6. The zero-order chi connectivity index (χ0) is 41.9. The highest BCUT2D eigenvalue weighted by Crippen LogP contribution is 2.17. The first-order chi connectivity index (χ1) is 27.7. The zero-order valence-electron chi connectivity index (χ0n) is 39.0. The Morgan fingerprint density at radius 3 is 0.860 bits per heavy atom. The lowest BCUT2D eigenvalue weighted by molar-refractivity contribution is -0.167. The molecule has 6 nitrogen and oxygen atoms in total. The highest BCUT2D eigenvalue weighted by molar-refractivity contribution is 5.71. The predicted molar refractivity (Wildman–Crippen MR) is 243 cm³/mol. The average molecular weight is 807 g/mol. The van der Waals surface area contributed by atoms with E-state index < -0.39 is 6.10 Å². The fourth-order valence-electron chi connectivity index (χ4n) is 7.64. The van der Waals surface area contributed by atoms with E-state index in [9.17, 15) is 14.4 Å². The fourth-order valence-corrected chi connectivity index (χ4v) is 7.64. The Morgan fingerprint density at radius 2 is 0.579 bits per heavy atom. The Labute approximate surface area is 355 Å². The summed E-state index contributed by atoms with van der Waals surface area (Å²) >= 11 is 0. The van der Waals surface area contributed by atoms with Crippen LogP contribution in [0.2, 0.25) is 0 Å². The van der Waals surface area contributed by atoms with E-state index in [1.165, 1.54) is 161 Å². The lowest BCUT2D eigenvalue weighted by atomic mass is 10.0. The molecule has 0 aliphatic carbocycles. The minimum atomic E-state index is -0.759. The van der Waals surface area contributed by atoms with Crippen molar-refractivity contribution in [2.45, 2.75) is 285 Å². The molecule has 0 N–H and O–H groups in total. The minimum absolute atomic E-state index is 0.0652. The topological polar surface area (TPSA) is 78.9 Å². The molecule has 0 saturated heterocycles. The number of ether oxygens (including phenoxy) is 3. The van der Waals surface area contributed by atoms with Crippen molar-refractivity contribution < 1.29 is 28.6 Å². The Balaban J connectivity index is 4.06. The molecule has 0 radical (unpaired) electrons. The molecule has 0 amide bonds. The van der Waals surface area contributed by atoms with Crippen LogP contribution >= 0.6 is 0 Å². The normalized spacial score (nSPS) is 12.1. The molecule has 0 spiro atoms. The summed E-state index contributed by atoms with van der Waals surface area (Å²) < 4.78 is 16.7. The first-order valence-corrected chi connectivity index (χ1v) is 25.2. The Bertz CT molecular complexity index is 870. The van der Waals surface area contributed by atoms with Gasteiger partial charge < -0.3 is 14.2 Å². The highest BCUT2D eigenvalue weighted by Gasteiger charge is 2.19. The molecule has 0 fully saturated rings. The van der Waals surface area contributed by atoms with E-state index in [4.69, 9.17) is 14.2 Å². The molecule has 1 atom stereocenters. The monoisotopic (exact) mass is 807 g/mol. The van der Waals surface area contributed by atoms with Crippen LogP contribution in [0.3, 0.4) is 0 Å². The third-order valence-corrected chi connectivity index (χ3v) is 11.5. The first kappa shape index (κ1) is 55.4. The smallest absolute Gasteiger partial charge is 0.306 e. The lowest BCUT2D eigenvalue weighted by Gasteiger charge is -2.18. The summed E-state index contributed by atoms with van der Waals surface area (Å²) in [6, 6.07) is 0. The maximum Gasteiger partial charge on any atom is 0.306 e. The third kappa shape index (κ3) is 45.3. The second kappa shape index (κ2) is 44.0. The van der Waals surface area contributed by atoms with Gasteiger partial charge in [-0.15, -0.1) is 0 Å². The van der Waals surface area contributed by atoms with E-state index in [0.717, 1.165) is 76.0 Å². The Hall–Kier alpha value is -1.59. The molecule has 6 heteroatoms. The van der Waals surface area contributed by atoms with Crippen molar-refractivity contribution in [3.05, 3.63) is 0 Å². The standard InChI is InChI=1S/C51H98O6/c1-6-7-8-29-38-43-51(54)57-48(45-56-50(53)42-37-33-28-24-20-16-12-14-18-22-26-31-35-40-47(4)5)44-55-49(52)41-36-32-27-23-19-15-11-9-10-13-17-21-25-30-34-39-46(2)3/h46-48H,6-45H2,1-5H3/t48-/m1/s1. The van der Waals surface area contributed by atoms with Crippen molar-refractivity contribution in [1.29, 1.82) is 0 Å². The van der Waals surface area contributed by atoms with Crippen LogP contribution in [0.15, 0.2) is 0 Å². The molecular weight excluding hydrogens is 709 g/mol. The van der Waals surface area contributed by atoms with E-state index in [1.54, 1.807) is 0 Å². The van der Waals surface area contributed by atoms with Gasteiger partial charge in [0.1, 0.15) is 13.2 Å². The van der Waals surface area contributed by atoms with Crippen molar-refractivity contribution in [3.8, 4) is 0 Å². The van der Waals surface area contributed by atoms with Gasteiger partial charge in [-0.3, -0.25) is 14.4 Å². The van der Waals surface area contributed by atoms with Crippen molar-refractivity contribution in [2.75, 3.05) is 13.2 Å². The minimum Gasteiger partial charge on any atom is -0.462 e. The van der Waals surface area contributed by atoms with Crippen LogP contribution in [0.5, 0.6) is 0 Å². The summed E-state index contributed by atoms with van der Waals surface area (Å²) in [7, 11) is 0. The van der Waals surface area contributed by atoms with Gasteiger partial charge in [0.2, 0.25) is 0 Å². The molecular formula is C51H98O6. The van der Waals surface area contributed by atoms with Gasteiger partial charge in [-0.2, -0.15) is 0 Å². The van der Waals surface area contributed by atoms with Crippen LogP contribution in [0.1, 0.15) is 279 Å². The van der Waals surface area contributed by atoms with E-state index in [1.807, 2.05) is 0 Å². The quantitative estimate of drug-likeness (QED) is 0.0346. The molecule has 0 saturated carbocycles. The zero-order valence-corrected chi connectivity index (χ0v) is 39.0. The number of hydrogen-bond acceptors (Lipinski definition) is 6. The second-order valence-corrected chi connectivity index (χ2v) is 18.4. The summed E-state index contributed by atoms with van der Waals surface area (Å²) in [6.45, 7) is 11.3. The van der Waals surface area contributed by atoms with Crippen molar-refractivity contribution >= 4 is 17.9 Å². The van der Waals surface area contributed by atoms with Crippen LogP contribution in [0, 0.1) is 11.8 Å². The summed E-state index contributed by atoms with van der Waals surface area (Å²) in [6.07, 6.45) is 44.1. The fraction of sp³-hybridized carbons (Fsp3) is 0.941. The number of esters is 3. The van der Waals surface area contributed by atoms with Crippen LogP contribution in [0.25, 0.3) is 0 Å². The van der Waals surface area contributed by atoms with E-state index in [2.05, 4.69) is 34.6 Å². The second-order valence-electron chi connectivity index (χ2n) is 18.4. The van der Waals surface area contributed by atoms with Crippen molar-refractivity contribution in [3.63, 3.8) is 0 Å². The average Bonchev–Trinajstić information content (AvgIpc) is 3.18. The molecule has 0 rings (SSSR count). The molecule has 57 heavy (non-hydrogen) atoms. The molecule has 0 heterocycles. The molecule has 0 bridgehead atoms. The number of rotatable bonds is 45.